The Morgan fingerprint density at radius 3 is 2.68 bits per heavy atom. The second-order valence-electron chi connectivity index (χ2n) is 6.01. The highest BCUT2D eigenvalue weighted by atomic mass is 16.6. The van der Waals surface area contributed by atoms with Gasteiger partial charge in [-0.25, -0.2) is 4.79 Å². The second-order valence-corrected chi connectivity index (χ2v) is 6.01. The lowest BCUT2D eigenvalue weighted by Crippen LogP contribution is -2.48. The number of carbonyl (C=O) groups excluding carboxylic acids is 3. The van der Waals surface area contributed by atoms with Crippen molar-refractivity contribution >= 4 is 28.7 Å². The number of nitrogens with one attached hydrogen (secondary N) is 2. The number of nitrogens with zero attached hydrogens (tertiary/aromatic N) is 1. The molecule has 0 radical (unpaired) electrons. The van der Waals surface area contributed by atoms with Crippen LogP contribution in [0, 0.1) is 0 Å². The lowest BCUT2D eigenvalue weighted by Gasteiger charge is -2.31. The minimum atomic E-state index is -0.612. The third kappa shape index (κ3) is 3.65. The topological polar surface area (TPSA) is 91.5 Å². The van der Waals surface area contributed by atoms with Gasteiger partial charge in [-0.3, -0.25) is 9.59 Å². The first-order chi connectivity index (χ1) is 12.1. The van der Waals surface area contributed by atoms with Crippen LogP contribution in [0.3, 0.4) is 0 Å². The highest BCUT2D eigenvalue weighted by Crippen LogP contribution is 2.18. The SMILES string of the molecule is CCOC(=O)N1CCC(NC(=O)C(=O)c2c[nH]c3ccccc23)CC1. The Balaban J connectivity index is 1.58. The van der Waals surface area contributed by atoms with Crippen molar-refractivity contribution in [3.05, 3.63) is 36.0 Å². The van der Waals surface area contributed by atoms with Gasteiger partial charge in [0.2, 0.25) is 0 Å². The van der Waals surface area contributed by atoms with Gasteiger partial charge in [0.1, 0.15) is 0 Å². The van der Waals surface area contributed by atoms with Gasteiger partial charge >= 0.3 is 6.09 Å². The summed E-state index contributed by atoms with van der Waals surface area (Å²) in [6, 6.07) is 7.24. The van der Waals surface area contributed by atoms with Gasteiger partial charge in [-0.05, 0) is 25.8 Å². The Morgan fingerprint density at radius 1 is 1.24 bits per heavy atom. The van der Waals surface area contributed by atoms with Gasteiger partial charge in [-0.1, -0.05) is 18.2 Å². The highest BCUT2D eigenvalue weighted by Gasteiger charge is 2.27. The van der Waals surface area contributed by atoms with E-state index in [1.165, 1.54) is 0 Å². The monoisotopic (exact) mass is 343 g/mol. The molecule has 0 saturated carbocycles. The van der Waals surface area contributed by atoms with Crippen LogP contribution in [0.25, 0.3) is 10.9 Å². The summed E-state index contributed by atoms with van der Waals surface area (Å²) in [7, 11) is 0. The number of para-hydroxylation sites is 1. The van der Waals surface area contributed by atoms with E-state index in [9.17, 15) is 14.4 Å². The lowest BCUT2D eigenvalue weighted by molar-refractivity contribution is -0.117. The number of aromatic amines is 1. The van der Waals surface area contributed by atoms with Crippen molar-refractivity contribution in [3.8, 4) is 0 Å². The molecule has 1 saturated heterocycles. The number of fused-ring (bicyclic) bond motifs is 1. The van der Waals surface area contributed by atoms with E-state index in [0.29, 0.717) is 38.1 Å². The average molecular weight is 343 g/mol. The first-order valence-corrected chi connectivity index (χ1v) is 8.43. The molecule has 2 amide bonds. The largest absolute Gasteiger partial charge is 0.450 e. The first kappa shape index (κ1) is 17.0. The van der Waals surface area contributed by atoms with Gasteiger partial charge in [-0.2, -0.15) is 0 Å². The summed E-state index contributed by atoms with van der Waals surface area (Å²) in [5.74, 6) is -1.16. The van der Waals surface area contributed by atoms with Crippen molar-refractivity contribution in [2.24, 2.45) is 0 Å². The maximum Gasteiger partial charge on any atom is 0.409 e. The molecule has 2 aromatic rings. The number of hydrogen-bond acceptors (Lipinski definition) is 4. The Kier molecular flexibility index (Phi) is 5.02. The van der Waals surface area contributed by atoms with Crippen LogP contribution in [0.2, 0.25) is 0 Å². The summed E-state index contributed by atoms with van der Waals surface area (Å²) in [4.78, 5) is 41.0. The zero-order valence-corrected chi connectivity index (χ0v) is 14.1. The van der Waals surface area contributed by atoms with Crippen molar-refractivity contribution in [2.45, 2.75) is 25.8 Å². The van der Waals surface area contributed by atoms with Gasteiger partial charge in [0.25, 0.3) is 11.7 Å². The number of aromatic nitrogens is 1. The Hall–Kier alpha value is -2.83. The molecule has 1 aliphatic rings. The molecule has 0 unspecified atom stereocenters. The van der Waals surface area contributed by atoms with Gasteiger partial charge < -0.3 is 19.9 Å². The van der Waals surface area contributed by atoms with Gasteiger partial charge in [-0.15, -0.1) is 0 Å². The fourth-order valence-corrected chi connectivity index (χ4v) is 3.05. The molecule has 1 aromatic carbocycles. The summed E-state index contributed by atoms with van der Waals surface area (Å²) >= 11 is 0. The smallest absolute Gasteiger partial charge is 0.409 e. The number of amides is 2. The van der Waals surface area contributed by atoms with E-state index < -0.39 is 11.7 Å². The molecule has 3 rings (SSSR count). The maximum atomic E-state index is 12.4. The zero-order chi connectivity index (χ0) is 17.8. The average Bonchev–Trinajstić information content (AvgIpc) is 3.06. The molecule has 2 heterocycles. The van der Waals surface area contributed by atoms with Crippen LogP contribution < -0.4 is 5.32 Å². The van der Waals surface area contributed by atoms with Crippen molar-refractivity contribution in [1.29, 1.82) is 0 Å². The first-order valence-electron chi connectivity index (χ1n) is 8.43. The van der Waals surface area contributed by atoms with E-state index in [4.69, 9.17) is 4.74 Å². The fourth-order valence-electron chi connectivity index (χ4n) is 3.05. The third-order valence-electron chi connectivity index (χ3n) is 4.40. The number of piperidine rings is 1. The van der Waals surface area contributed by atoms with Crippen molar-refractivity contribution in [3.63, 3.8) is 0 Å². The lowest BCUT2D eigenvalue weighted by atomic mass is 10.0. The second kappa shape index (κ2) is 7.38. The molecule has 7 heteroatoms. The molecular weight excluding hydrogens is 322 g/mol. The molecule has 132 valence electrons. The predicted octanol–water partition coefficient (Wildman–Crippen LogP) is 2.09. The molecular formula is C18H21N3O4. The van der Waals surface area contributed by atoms with Crippen molar-refractivity contribution < 1.29 is 19.1 Å². The molecule has 1 aliphatic heterocycles. The molecule has 7 nitrogen and oxygen atoms in total. The zero-order valence-electron chi connectivity index (χ0n) is 14.1. The number of ketones is 1. The number of carbonyl (C=O) groups is 3. The summed E-state index contributed by atoms with van der Waals surface area (Å²) in [6.45, 7) is 3.12. The predicted molar refractivity (Wildman–Crippen MR) is 92.4 cm³/mol. The van der Waals surface area contributed by atoms with E-state index in [-0.39, 0.29) is 12.1 Å². The van der Waals surface area contributed by atoms with E-state index >= 15 is 0 Å². The molecule has 0 spiro atoms. The summed E-state index contributed by atoms with van der Waals surface area (Å²) in [5, 5.41) is 3.52. The number of hydrogen-bond donors (Lipinski definition) is 2. The number of H-pyrrole nitrogens is 1. The van der Waals surface area contributed by atoms with Crippen LogP contribution in [-0.4, -0.2) is 53.4 Å². The van der Waals surface area contributed by atoms with E-state index in [0.717, 1.165) is 10.9 Å². The Morgan fingerprint density at radius 2 is 1.96 bits per heavy atom. The fraction of sp³-hybridized carbons (Fsp3) is 0.389. The Bertz CT molecular complexity index is 790. The quantitative estimate of drug-likeness (QED) is 0.657. The normalized spacial score (nSPS) is 15.2. The number of Topliss-reactive ketones (excluding diaryl/α,β-unsaturated/α-hetero) is 1. The minimum absolute atomic E-state index is 0.118. The van der Waals surface area contributed by atoms with E-state index in [1.54, 1.807) is 18.0 Å². The molecule has 2 N–H and O–H groups in total. The van der Waals surface area contributed by atoms with Gasteiger partial charge in [0.15, 0.2) is 0 Å². The van der Waals surface area contributed by atoms with Crippen molar-refractivity contribution in [1.82, 2.24) is 15.2 Å². The van der Waals surface area contributed by atoms with Crippen LogP contribution in [0.1, 0.15) is 30.1 Å². The third-order valence-corrected chi connectivity index (χ3v) is 4.40. The standard InChI is InChI=1S/C18H21N3O4/c1-2-25-18(24)21-9-7-12(8-10-21)20-17(23)16(22)14-11-19-15-6-4-3-5-13(14)15/h3-6,11-12,19H,2,7-10H2,1H3,(H,20,23). The number of ether oxygens (including phenoxy) is 1. The summed E-state index contributed by atoms with van der Waals surface area (Å²) in [5.41, 5.74) is 1.19. The number of likely N-dealkylation sites (tertiary alicyclic amines) is 1. The minimum Gasteiger partial charge on any atom is -0.450 e. The molecule has 25 heavy (non-hydrogen) atoms. The van der Waals surface area contributed by atoms with E-state index in [1.807, 2.05) is 24.3 Å². The maximum absolute atomic E-state index is 12.4. The molecule has 1 aromatic heterocycles. The summed E-state index contributed by atoms with van der Waals surface area (Å²) < 4.78 is 4.97. The number of rotatable bonds is 4. The summed E-state index contributed by atoms with van der Waals surface area (Å²) in [6.07, 6.45) is 2.44. The van der Waals surface area contributed by atoms with Gasteiger partial charge in [0, 0.05) is 36.2 Å². The van der Waals surface area contributed by atoms with E-state index in [2.05, 4.69) is 10.3 Å². The molecule has 0 aliphatic carbocycles. The Labute approximate surface area is 145 Å². The van der Waals surface area contributed by atoms with Crippen LogP contribution >= 0.6 is 0 Å². The highest BCUT2D eigenvalue weighted by molar-refractivity contribution is 6.45. The van der Waals surface area contributed by atoms with Gasteiger partial charge in [0.05, 0.1) is 12.2 Å². The van der Waals surface area contributed by atoms with Crippen LogP contribution in [0.4, 0.5) is 4.79 Å². The van der Waals surface area contributed by atoms with Crippen LogP contribution in [0.15, 0.2) is 30.5 Å². The molecule has 0 bridgehead atoms. The molecule has 1 fully saturated rings. The van der Waals surface area contributed by atoms with Crippen molar-refractivity contribution in [2.75, 3.05) is 19.7 Å². The number of benzene rings is 1. The molecule has 0 atom stereocenters. The van der Waals surface area contributed by atoms with Crippen LogP contribution in [-0.2, 0) is 9.53 Å². The van der Waals surface area contributed by atoms with Crippen LogP contribution in [0.5, 0.6) is 0 Å².